The molecule has 14 nitrogen and oxygen atoms in total. The SMILES string of the molecule is CO/N=C(\C(=O)NC1C(=O)N2C(C(=O)O)=C(C[n+]3ccc4sc(NCN(C)C)nc4c3)CS[C@H]12)c1csc(N)n1. The fourth-order valence-corrected chi connectivity index (χ4v) is 6.95. The van der Waals surface area contributed by atoms with E-state index >= 15 is 0 Å². The summed E-state index contributed by atoms with van der Waals surface area (Å²) in [6.45, 7) is 0.921. The molecule has 3 aromatic heterocycles. The molecule has 210 valence electrons. The highest BCUT2D eigenvalue weighted by Gasteiger charge is 2.54. The number of nitrogens with zero attached hydrogens (tertiary/aromatic N) is 6. The van der Waals surface area contributed by atoms with Crippen LogP contribution in [0.2, 0.25) is 0 Å². The Kier molecular flexibility index (Phi) is 7.88. The van der Waals surface area contributed by atoms with Gasteiger partial charge in [0.25, 0.3) is 11.8 Å². The van der Waals surface area contributed by atoms with Gasteiger partial charge in [-0.1, -0.05) is 16.5 Å². The first-order valence-electron chi connectivity index (χ1n) is 11.9. The number of rotatable bonds is 10. The minimum absolute atomic E-state index is 0.0727. The number of hydrogen-bond donors (Lipinski definition) is 4. The number of amides is 2. The lowest BCUT2D eigenvalue weighted by atomic mass is 10.0. The van der Waals surface area contributed by atoms with Crippen molar-refractivity contribution in [3.05, 3.63) is 40.8 Å². The van der Waals surface area contributed by atoms with E-state index in [1.54, 1.807) is 5.38 Å². The number of nitrogens with one attached hydrogen (secondary N) is 2. The maximum Gasteiger partial charge on any atom is 0.352 e. The lowest BCUT2D eigenvalue weighted by molar-refractivity contribution is -0.687. The molecule has 17 heteroatoms. The Balaban J connectivity index is 1.32. The molecule has 0 saturated carbocycles. The molecule has 1 unspecified atom stereocenters. The van der Waals surface area contributed by atoms with Crippen LogP contribution < -0.4 is 20.9 Å². The van der Waals surface area contributed by atoms with Crippen molar-refractivity contribution in [3.8, 4) is 0 Å². The Labute approximate surface area is 240 Å². The second-order valence-corrected chi connectivity index (χ2v) is 12.1. The summed E-state index contributed by atoms with van der Waals surface area (Å²) in [5, 5.41) is 21.7. The largest absolute Gasteiger partial charge is 0.477 e. The zero-order valence-corrected chi connectivity index (χ0v) is 24.1. The van der Waals surface area contributed by atoms with Crippen LogP contribution in [0.25, 0.3) is 10.2 Å². The standard InChI is InChI=1S/C23H25N9O5S3/c1-30(2)10-25-23-27-12-7-31(5-4-14(12)40-23)6-11-8-38-20-16(19(34)32(20)17(11)21(35)36)28-18(33)15(29-37-3)13-9-39-22(24)26-13/h4-5,7,9,16,20H,6,8,10H2,1-3H3,(H4-,24,25,26,27,28,33,35,36)/p+1/b29-15-/t16?,20-/m1/s1. The number of fused-ring (bicyclic) bond motifs is 2. The lowest BCUT2D eigenvalue weighted by Gasteiger charge is -2.49. The van der Waals surface area contributed by atoms with Gasteiger partial charge in [-0.25, -0.2) is 14.8 Å². The number of anilines is 2. The summed E-state index contributed by atoms with van der Waals surface area (Å²) in [5.74, 6) is -2.04. The molecule has 0 aromatic carbocycles. The van der Waals surface area contributed by atoms with Crippen molar-refractivity contribution in [2.45, 2.75) is 18.0 Å². The smallest absolute Gasteiger partial charge is 0.352 e. The zero-order chi connectivity index (χ0) is 28.6. The van der Waals surface area contributed by atoms with Crippen molar-refractivity contribution in [3.63, 3.8) is 0 Å². The van der Waals surface area contributed by atoms with Crippen LogP contribution in [0.3, 0.4) is 0 Å². The normalized spacial score (nSPS) is 19.1. The van der Waals surface area contributed by atoms with Gasteiger partial charge in [-0.2, -0.15) is 4.57 Å². The van der Waals surface area contributed by atoms with Gasteiger partial charge in [-0.05, 0) is 14.1 Å². The lowest BCUT2D eigenvalue weighted by Crippen LogP contribution is -2.71. The summed E-state index contributed by atoms with van der Waals surface area (Å²) in [6.07, 6.45) is 3.72. The van der Waals surface area contributed by atoms with E-state index in [4.69, 9.17) is 10.6 Å². The number of nitrogen functional groups attached to an aromatic ring is 1. The summed E-state index contributed by atoms with van der Waals surface area (Å²) >= 11 is 4.05. The molecular weight excluding hydrogens is 579 g/mol. The van der Waals surface area contributed by atoms with Crippen LogP contribution in [-0.2, 0) is 25.8 Å². The number of carbonyl (C=O) groups excluding carboxylic acids is 2. The van der Waals surface area contributed by atoms with Crippen molar-refractivity contribution < 1.29 is 28.9 Å². The third-order valence-electron chi connectivity index (χ3n) is 6.01. The van der Waals surface area contributed by atoms with Crippen LogP contribution in [0.15, 0.2) is 40.3 Å². The topological polar surface area (TPSA) is 179 Å². The Morgan fingerprint density at radius 1 is 1.38 bits per heavy atom. The van der Waals surface area contributed by atoms with Crippen molar-refractivity contribution in [2.75, 3.05) is 44.7 Å². The number of carboxylic acid groups (broad SMARTS) is 1. The molecule has 0 radical (unpaired) electrons. The average molecular weight is 605 g/mol. The monoisotopic (exact) mass is 604 g/mol. The van der Waals surface area contributed by atoms with E-state index in [1.165, 1.54) is 35.1 Å². The maximum absolute atomic E-state index is 13.1. The van der Waals surface area contributed by atoms with Crippen molar-refractivity contribution in [1.29, 1.82) is 0 Å². The highest BCUT2D eigenvalue weighted by Crippen LogP contribution is 2.40. The number of nitrogens with two attached hydrogens (primary N) is 1. The number of aliphatic carboxylic acids is 1. The van der Waals surface area contributed by atoms with E-state index in [0.717, 1.165) is 26.7 Å². The fraction of sp³-hybridized carbons (Fsp3) is 0.348. The molecule has 2 aliphatic heterocycles. The predicted octanol–water partition coefficient (Wildman–Crippen LogP) is 0.343. The van der Waals surface area contributed by atoms with Crippen LogP contribution in [0, 0.1) is 0 Å². The fourth-order valence-electron chi connectivity index (χ4n) is 4.25. The third-order valence-corrected chi connectivity index (χ3v) is 9.01. The number of thioether (sulfide) groups is 1. The van der Waals surface area contributed by atoms with Crippen LogP contribution >= 0.6 is 34.4 Å². The number of carboxylic acids is 1. The number of aromatic nitrogens is 3. The molecule has 5 heterocycles. The van der Waals surface area contributed by atoms with Crippen LogP contribution in [0.4, 0.5) is 10.3 Å². The number of carbonyl (C=O) groups is 3. The van der Waals surface area contributed by atoms with Crippen molar-refractivity contribution in [1.82, 2.24) is 25.1 Å². The first-order chi connectivity index (χ1) is 19.2. The van der Waals surface area contributed by atoms with Crippen LogP contribution in [0.5, 0.6) is 0 Å². The Morgan fingerprint density at radius 2 is 2.17 bits per heavy atom. The second-order valence-electron chi connectivity index (χ2n) is 9.11. The maximum atomic E-state index is 13.1. The van der Waals surface area contributed by atoms with Gasteiger partial charge in [-0.15, -0.1) is 23.1 Å². The summed E-state index contributed by atoms with van der Waals surface area (Å²) in [5.41, 5.74) is 7.04. The molecule has 0 spiro atoms. The molecule has 5 rings (SSSR count). The number of pyridine rings is 1. The highest BCUT2D eigenvalue weighted by molar-refractivity contribution is 8.00. The van der Waals surface area contributed by atoms with Gasteiger partial charge in [-0.3, -0.25) is 19.4 Å². The number of thiazole rings is 2. The molecule has 2 aliphatic rings. The van der Waals surface area contributed by atoms with Gasteiger partial charge >= 0.3 is 5.97 Å². The molecule has 0 aliphatic carbocycles. The molecule has 3 aromatic rings. The molecular formula is C23H26N9O5S3+. The van der Waals surface area contributed by atoms with Gasteiger partial charge < -0.3 is 26.3 Å². The van der Waals surface area contributed by atoms with E-state index in [0.29, 0.717) is 18.0 Å². The van der Waals surface area contributed by atoms with Crippen LogP contribution in [-0.4, -0.2) is 93.4 Å². The van der Waals surface area contributed by atoms with E-state index in [2.05, 4.69) is 25.8 Å². The first-order valence-corrected chi connectivity index (χ1v) is 14.6. The summed E-state index contributed by atoms with van der Waals surface area (Å²) in [6, 6.07) is 1.00. The van der Waals surface area contributed by atoms with Gasteiger partial charge in [0.2, 0.25) is 0 Å². The molecule has 0 bridgehead atoms. The molecule has 2 atom stereocenters. The summed E-state index contributed by atoms with van der Waals surface area (Å²) in [4.78, 5) is 55.1. The average Bonchev–Trinajstić information content (AvgIpc) is 3.53. The summed E-state index contributed by atoms with van der Waals surface area (Å²) < 4.78 is 2.85. The third kappa shape index (κ3) is 5.45. The molecule has 40 heavy (non-hydrogen) atoms. The van der Waals surface area contributed by atoms with Crippen molar-refractivity contribution in [2.24, 2.45) is 5.16 Å². The number of oxime groups is 1. The van der Waals surface area contributed by atoms with Crippen LogP contribution in [0.1, 0.15) is 5.69 Å². The van der Waals surface area contributed by atoms with Gasteiger partial charge in [0.1, 0.15) is 35.4 Å². The highest BCUT2D eigenvalue weighted by atomic mass is 32.2. The molecule has 5 N–H and O–H groups in total. The molecule has 1 fully saturated rings. The first kappa shape index (κ1) is 27.8. The van der Waals surface area contributed by atoms with Crippen molar-refractivity contribution >= 4 is 78.4 Å². The zero-order valence-electron chi connectivity index (χ0n) is 21.7. The molecule has 2 amide bonds. The Hall–Kier alpha value is -3.80. The van der Waals surface area contributed by atoms with Gasteiger partial charge in [0.15, 0.2) is 34.9 Å². The Bertz CT molecular complexity index is 1550. The minimum atomic E-state index is -1.21. The van der Waals surface area contributed by atoms with E-state index in [9.17, 15) is 19.5 Å². The summed E-state index contributed by atoms with van der Waals surface area (Å²) in [7, 11) is 5.20. The van der Waals surface area contributed by atoms with E-state index in [1.807, 2.05) is 42.0 Å². The quantitative estimate of drug-likeness (QED) is 0.0824. The number of hydrogen-bond acceptors (Lipinski definition) is 13. The second kappa shape index (κ2) is 11.4. The molecule has 1 saturated heterocycles. The van der Waals surface area contributed by atoms with Gasteiger partial charge in [0, 0.05) is 22.8 Å². The minimum Gasteiger partial charge on any atom is -0.477 e. The van der Waals surface area contributed by atoms with Gasteiger partial charge in [0.05, 0.1) is 11.4 Å². The number of β-lactam (4-membered cyclic amide) rings is 1. The van der Waals surface area contributed by atoms with E-state index in [-0.39, 0.29) is 28.8 Å². The Morgan fingerprint density at radius 3 is 2.85 bits per heavy atom. The predicted molar refractivity (Wildman–Crippen MR) is 152 cm³/mol. The van der Waals surface area contributed by atoms with E-state index < -0.39 is 29.2 Å².